The number of hydrogen-bond acceptors (Lipinski definition) is 5. The lowest BCUT2D eigenvalue weighted by molar-refractivity contribution is -0.143. The van der Waals surface area contributed by atoms with E-state index >= 15 is 0 Å². The summed E-state index contributed by atoms with van der Waals surface area (Å²) in [6.45, 7) is -0.853. The van der Waals surface area contributed by atoms with Crippen LogP contribution in [0.2, 0.25) is 15.2 Å². The maximum Gasteiger partial charge on any atom is 0.323 e. The zero-order valence-corrected chi connectivity index (χ0v) is 17.3. The van der Waals surface area contributed by atoms with Gasteiger partial charge in [0.1, 0.15) is 11.7 Å². The first-order chi connectivity index (χ1) is 14.1. The smallest absolute Gasteiger partial charge is 0.323 e. The first kappa shape index (κ1) is 20.6. The van der Waals surface area contributed by atoms with Crippen molar-refractivity contribution >= 4 is 64.2 Å². The minimum absolute atomic E-state index is 0.151. The van der Waals surface area contributed by atoms with Gasteiger partial charge in [0.05, 0.1) is 18.0 Å². The highest BCUT2D eigenvalue weighted by Gasteiger charge is 2.63. The first-order valence-corrected chi connectivity index (χ1v) is 9.77. The van der Waals surface area contributed by atoms with Crippen LogP contribution >= 0.6 is 34.8 Å². The standard InChI is InChI=1S/C19H12Cl3N3O5/c20-10-1-2-13-11(3-10)19(17(29)24(13)8-16(27)28)5-15(26)25(18(19)30)7-9-6-23-14(22)4-12(9)21/h1-4,6H,5,7-8H2,(H,27,28). The molecule has 1 aromatic heterocycles. The minimum Gasteiger partial charge on any atom is -0.480 e. The van der Waals surface area contributed by atoms with Crippen LogP contribution in [0.4, 0.5) is 5.69 Å². The number of rotatable bonds is 4. The van der Waals surface area contributed by atoms with E-state index in [0.29, 0.717) is 5.56 Å². The van der Waals surface area contributed by atoms with Gasteiger partial charge in [0.2, 0.25) is 17.7 Å². The third-order valence-corrected chi connectivity index (χ3v) is 5.96. The summed E-state index contributed by atoms with van der Waals surface area (Å²) in [6, 6.07) is 5.75. The van der Waals surface area contributed by atoms with Crippen LogP contribution in [0.25, 0.3) is 0 Å². The van der Waals surface area contributed by atoms with Crippen LogP contribution in [0.5, 0.6) is 0 Å². The third kappa shape index (κ3) is 3.03. The van der Waals surface area contributed by atoms with E-state index in [0.717, 1.165) is 9.80 Å². The quantitative estimate of drug-likeness (QED) is 0.420. The molecule has 3 heterocycles. The number of carboxylic acids is 1. The van der Waals surface area contributed by atoms with Crippen molar-refractivity contribution in [3.05, 3.63) is 56.8 Å². The molecule has 4 rings (SSSR count). The Hall–Kier alpha value is -2.68. The fourth-order valence-corrected chi connectivity index (χ4v) is 4.43. The molecule has 30 heavy (non-hydrogen) atoms. The molecule has 1 saturated heterocycles. The molecule has 1 aromatic carbocycles. The van der Waals surface area contributed by atoms with Crippen LogP contribution in [0.3, 0.4) is 0 Å². The molecular formula is C19H12Cl3N3O5. The van der Waals surface area contributed by atoms with Gasteiger partial charge in [-0.15, -0.1) is 0 Å². The highest BCUT2D eigenvalue weighted by atomic mass is 35.5. The maximum absolute atomic E-state index is 13.4. The van der Waals surface area contributed by atoms with Gasteiger partial charge in [0, 0.05) is 28.0 Å². The number of carboxylic acid groups (broad SMARTS) is 1. The van der Waals surface area contributed by atoms with E-state index in [4.69, 9.17) is 34.8 Å². The number of carbonyl (C=O) groups is 4. The fourth-order valence-electron chi connectivity index (χ4n) is 3.83. The second-order valence-corrected chi connectivity index (χ2v) is 8.14. The third-order valence-electron chi connectivity index (χ3n) is 5.17. The number of amides is 3. The predicted octanol–water partition coefficient (Wildman–Crippen LogP) is 2.67. The van der Waals surface area contributed by atoms with Crippen molar-refractivity contribution in [2.75, 3.05) is 11.4 Å². The molecule has 3 amide bonds. The van der Waals surface area contributed by atoms with Crippen LogP contribution < -0.4 is 4.90 Å². The predicted molar refractivity (Wildman–Crippen MR) is 108 cm³/mol. The van der Waals surface area contributed by atoms with Gasteiger partial charge in [-0.25, -0.2) is 4.98 Å². The molecule has 0 bridgehead atoms. The molecule has 8 nitrogen and oxygen atoms in total. The molecule has 2 aliphatic rings. The van der Waals surface area contributed by atoms with Crippen molar-refractivity contribution < 1.29 is 24.3 Å². The highest BCUT2D eigenvalue weighted by molar-refractivity contribution is 6.35. The summed E-state index contributed by atoms with van der Waals surface area (Å²) in [7, 11) is 0. The molecule has 0 aliphatic carbocycles. The molecule has 1 fully saturated rings. The second kappa shape index (κ2) is 7.23. The Labute approximate surface area is 184 Å². The van der Waals surface area contributed by atoms with Crippen molar-refractivity contribution in [3.63, 3.8) is 0 Å². The monoisotopic (exact) mass is 467 g/mol. The first-order valence-electron chi connectivity index (χ1n) is 8.63. The lowest BCUT2D eigenvalue weighted by Gasteiger charge is -2.22. The Bertz CT molecular complexity index is 1140. The Balaban J connectivity index is 1.78. The number of halogens is 3. The number of pyridine rings is 1. The van der Waals surface area contributed by atoms with Crippen molar-refractivity contribution in [2.24, 2.45) is 0 Å². The van der Waals surface area contributed by atoms with Crippen molar-refractivity contribution in [2.45, 2.75) is 18.4 Å². The van der Waals surface area contributed by atoms with Crippen LogP contribution in [-0.4, -0.2) is 45.2 Å². The summed E-state index contributed by atoms with van der Waals surface area (Å²) < 4.78 is 0. The van der Waals surface area contributed by atoms with Crippen LogP contribution in [0.15, 0.2) is 30.5 Å². The molecule has 2 aliphatic heterocycles. The van der Waals surface area contributed by atoms with Gasteiger partial charge in [0.25, 0.3) is 0 Å². The number of benzene rings is 1. The van der Waals surface area contributed by atoms with E-state index in [1.807, 2.05) is 0 Å². The Kier molecular flexibility index (Phi) is 4.96. The van der Waals surface area contributed by atoms with Gasteiger partial charge < -0.3 is 5.11 Å². The van der Waals surface area contributed by atoms with E-state index in [9.17, 15) is 24.3 Å². The van der Waals surface area contributed by atoms with Gasteiger partial charge in [-0.1, -0.05) is 34.8 Å². The van der Waals surface area contributed by atoms with Crippen molar-refractivity contribution in [1.82, 2.24) is 9.88 Å². The van der Waals surface area contributed by atoms with E-state index in [-0.39, 0.29) is 33.0 Å². The van der Waals surface area contributed by atoms with Crippen LogP contribution in [0, 0.1) is 0 Å². The molecule has 0 radical (unpaired) electrons. The molecular weight excluding hydrogens is 457 g/mol. The number of aromatic nitrogens is 1. The van der Waals surface area contributed by atoms with Crippen LogP contribution in [0.1, 0.15) is 17.5 Å². The SMILES string of the molecule is O=C(O)CN1C(=O)C2(CC(=O)N(Cc3cnc(Cl)cc3Cl)C2=O)c2cc(Cl)ccc21. The minimum atomic E-state index is -1.86. The summed E-state index contributed by atoms with van der Waals surface area (Å²) in [5, 5.41) is 9.82. The van der Waals surface area contributed by atoms with Gasteiger partial charge in [-0.05, 0) is 24.3 Å². The second-order valence-electron chi connectivity index (χ2n) is 6.91. The number of anilines is 1. The van der Waals surface area contributed by atoms with Crippen LogP contribution in [-0.2, 0) is 31.1 Å². The maximum atomic E-state index is 13.4. The van der Waals surface area contributed by atoms with Gasteiger partial charge in [-0.3, -0.25) is 29.0 Å². The van der Waals surface area contributed by atoms with Crippen molar-refractivity contribution in [3.8, 4) is 0 Å². The van der Waals surface area contributed by atoms with Crippen molar-refractivity contribution in [1.29, 1.82) is 0 Å². The molecule has 154 valence electrons. The molecule has 11 heteroatoms. The summed E-state index contributed by atoms with van der Waals surface area (Å²) in [6.07, 6.45) is 0.904. The Morgan fingerprint density at radius 2 is 1.80 bits per heavy atom. The molecule has 1 N–H and O–H groups in total. The van der Waals surface area contributed by atoms with E-state index in [2.05, 4.69) is 4.98 Å². The number of imide groups is 1. The van der Waals surface area contributed by atoms with E-state index in [1.165, 1.54) is 30.5 Å². The molecule has 1 unspecified atom stereocenters. The fraction of sp³-hybridized carbons (Fsp3) is 0.211. The average Bonchev–Trinajstić information content (AvgIpc) is 3.04. The topological polar surface area (TPSA) is 108 Å². The number of fused-ring (bicyclic) bond motifs is 2. The molecule has 0 saturated carbocycles. The number of nitrogens with zero attached hydrogens (tertiary/aromatic N) is 3. The Morgan fingerprint density at radius 3 is 2.47 bits per heavy atom. The number of aliphatic carboxylic acids is 1. The Morgan fingerprint density at radius 1 is 1.10 bits per heavy atom. The van der Waals surface area contributed by atoms with Gasteiger partial charge in [-0.2, -0.15) is 0 Å². The number of likely N-dealkylation sites (tertiary alicyclic amines) is 1. The van der Waals surface area contributed by atoms with E-state index in [1.54, 1.807) is 0 Å². The zero-order valence-electron chi connectivity index (χ0n) is 15.1. The molecule has 2 aromatic rings. The summed E-state index contributed by atoms with van der Waals surface area (Å²) in [4.78, 5) is 56.6. The summed E-state index contributed by atoms with van der Waals surface area (Å²) in [5.74, 6) is -3.39. The van der Waals surface area contributed by atoms with E-state index < -0.39 is 42.1 Å². The van der Waals surface area contributed by atoms with Gasteiger partial charge >= 0.3 is 5.97 Å². The largest absolute Gasteiger partial charge is 0.480 e. The zero-order chi connectivity index (χ0) is 21.8. The number of hydrogen-bond donors (Lipinski definition) is 1. The highest BCUT2D eigenvalue weighted by Crippen LogP contribution is 2.49. The lowest BCUT2D eigenvalue weighted by Crippen LogP contribution is -2.47. The normalized spacial score (nSPS) is 20.4. The number of carbonyl (C=O) groups excluding carboxylic acids is 3. The van der Waals surface area contributed by atoms with Gasteiger partial charge in [0.15, 0.2) is 5.41 Å². The molecule has 1 atom stereocenters. The lowest BCUT2D eigenvalue weighted by atomic mass is 9.80. The summed E-state index contributed by atoms with van der Waals surface area (Å²) in [5.41, 5.74) is -1.04. The molecule has 1 spiro atoms. The average molecular weight is 469 g/mol. The summed E-state index contributed by atoms with van der Waals surface area (Å²) >= 11 is 18.0.